The van der Waals surface area contributed by atoms with Crippen LogP contribution in [0.15, 0.2) is 66.7 Å². The zero-order chi connectivity index (χ0) is 20.4. The van der Waals surface area contributed by atoms with Crippen LogP contribution in [0.25, 0.3) is 6.08 Å². The molecule has 2 aromatic carbocycles. The van der Waals surface area contributed by atoms with E-state index in [4.69, 9.17) is 21.1 Å². The summed E-state index contributed by atoms with van der Waals surface area (Å²) in [5, 5.41) is 0.605. The molecular formula is C23H16ClNO4. The zero-order valence-corrected chi connectivity index (χ0v) is 16.3. The van der Waals surface area contributed by atoms with E-state index in [1.807, 2.05) is 6.07 Å². The van der Waals surface area contributed by atoms with Crippen LogP contribution in [-0.4, -0.2) is 16.7 Å². The standard InChI is InChI=1S/C23H16ClNO4/c1-14-19(28-21(26)12-15-4-6-17(24)7-5-15)9-8-18-22(27)20(29-23(14)18)11-16-3-2-10-25-13-16/h2-11,13H,12H2,1H3/b20-11-. The van der Waals surface area contributed by atoms with E-state index in [0.29, 0.717) is 27.6 Å². The van der Waals surface area contributed by atoms with Gasteiger partial charge >= 0.3 is 5.97 Å². The van der Waals surface area contributed by atoms with Gasteiger partial charge in [-0.3, -0.25) is 14.6 Å². The second-order valence-electron chi connectivity index (χ2n) is 6.57. The molecule has 0 saturated heterocycles. The van der Waals surface area contributed by atoms with Crippen LogP contribution in [0, 0.1) is 6.92 Å². The summed E-state index contributed by atoms with van der Waals surface area (Å²) in [4.78, 5) is 29.0. The van der Waals surface area contributed by atoms with Gasteiger partial charge in [-0.2, -0.15) is 0 Å². The first-order valence-electron chi connectivity index (χ1n) is 8.94. The molecule has 0 unspecified atom stereocenters. The molecule has 0 fully saturated rings. The third kappa shape index (κ3) is 4.05. The van der Waals surface area contributed by atoms with E-state index in [0.717, 1.165) is 11.1 Å². The highest BCUT2D eigenvalue weighted by Crippen LogP contribution is 2.39. The summed E-state index contributed by atoms with van der Waals surface area (Å²) < 4.78 is 11.3. The van der Waals surface area contributed by atoms with Crippen LogP contribution in [-0.2, 0) is 11.2 Å². The van der Waals surface area contributed by atoms with Crippen LogP contribution in [0.1, 0.15) is 27.0 Å². The fraction of sp³-hybridized carbons (Fsp3) is 0.0870. The van der Waals surface area contributed by atoms with Crippen molar-refractivity contribution in [2.45, 2.75) is 13.3 Å². The second-order valence-corrected chi connectivity index (χ2v) is 7.01. The Hall–Kier alpha value is -3.44. The number of pyridine rings is 1. The predicted molar refractivity (Wildman–Crippen MR) is 109 cm³/mol. The number of nitrogens with zero attached hydrogens (tertiary/aromatic N) is 1. The molecule has 0 atom stereocenters. The quantitative estimate of drug-likeness (QED) is 0.354. The molecule has 0 N–H and O–H groups in total. The highest BCUT2D eigenvalue weighted by Gasteiger charge is 2.30. The average molecular weight is 406 g/mol. The van der Waals surface area contributed by atoms with Gasteiger partial charge < -0.3 is 9.47 Å². The van der Waals surface area contributed by atoms with Crippen molar-refractivity contribution in [2.75, 3.05) is 0 Å². The second kappa shape index (κ2) is 7.89. The molecule has 0 aliphatic carbocycles. The third-order valence-electron chi connectivity index (χ3n) is 4.50. The lowest BCUT2D eigenvalue weighted by Gasteiger charge is -2.10. The molecule has 1 aromatic heterocycles. The highest BCUT2D eigenvalue weighted by atomic mass is 35.5. The number of esters is 1. The molecule has 1 aliphatic heterocycles. The number of carbonyl (C=O) groups is 2. The van der Waals surface area contributed by atoms with Crippen LogP contribution in [0.4, 0.5) is 0 Å². The summed E-state index contributed by atoms with van der Waals surface area (Å²) in [6.07, 6.45) is 5.05. The molecule has 4 rings (SSSR count). The lowest BCUT2D eigenvalue weighted by atomic mass is 10.1. The van der Waals surface area contributed by atoms with Gasteiger partial charge in [0.05, 0.1) is 12.0 Å². The Morgan fingerprint density at radius 2 is 1.97 bits per heavy atom. The summed E-state index contributed by atoms with van der Waals surface area (Å²) in [6, 6.07) is 13.8. The first-order chi connectivity index (χ1) is 14.0. The number of ether oxygens (including phenoxy) is 2. The summed E-state index contributed by atoms with van der Waals surface area (Å²) in [6.45, 7) is 1.75. The monoisotopic (exact) mass is 405 g/mol. The summed E-state index contributed by atoms with van der Waals surface area (Å²) >= 11 is 5.86. The lowest BCUT2D eigenvalue weighted by molar-refractivity contribution is -0.133. The van der Waals surface area contributed by atoms with Crippen molar-refractivity contribution in [3.05, 3.63) is 94.0 Å². The number of halogens is 1. The molecule has 6 heteroatoms. The molecule has 0 amide bonds. The van der Waals surface area contributed by atoms with Gasteiger partial charge in [0.15, 0.2) is 5.76 Å². The van der Waals surface area contributed by atoms with Crippen molar-refractivity contribution in [3.8, 4) is 11.5 Å². The number of hydrogen-bond acceptors (Lipinski definition) is 5. The van der Waals surface area contributed by atoms with Gasteiger partial charge in [0.2, 0.25) is 5.78 Å². The van der Waals surface area contributed by atoms with E-state index < -0.39 is 5.97 Å². The molecule has 0 bridgehead atoms. The minimum atomic E-state index is -0.411. The Morgan fingerprint density at radius 3 is 2.69 bits per heavy atom. The average Bonchev–Trinajstić information content (AvgIpc) is 3.03. The van der Waals surface area contributed by atoms with Crippen molar-refractivity contribution in [2.24, 2.45) is 0 Å². The molecule has 29 heavy (non-hydrogen) atoms. The predicted octanol–water partition coefficient (Wildman–Crippen LogP) is 4.81. The van der Waals surface area contributed by atoms with E-state index in [1.165, 1.54) is 0 Å². The summed E-state index contributed by atoms with van der Waals surface area (Å²) in [5.41, 5.74) is 2.59. The Bertz CT molecular complexity index is 1120. The normalized spacial score (nSPS) is 13.9. The number of rotatable bonds is 4. The first-order valence-corrected chi connectivity index (χ1v) is 9.32. The molecule has 0 saturated carbocycles. The molecular weight excluding hydrogens is 390 g/mol. The molecule has 0 spiro atoms. The topological polar surface area (TPSA) is 65.5 Å². The van der Waals surface area contributed by atoms with Crippen LogP contribution in [0.3, 0.4) is 0 Å². The summed E-state index contributed by atoms with van der Waals surface area (Å²) in [7, 11) is 0. The number of ketones is 1. The number of fused-ring (bicyclic) bond motifs is 1. The van der Waals surface area contributed by atoms with E-state index in [2.05, 4.69) is 4.98 Å². The zero-order valence-electron chi connectivity index (χ0n) is 15.5. The smallest absolute Gasteiger partial charge is 0.315 e. The number of carbonyl (C=O) groups excluding carboxylic acids is 2. The molecule has 1 aliphatic rings. The van der Waals surface area contributed by atoms with E-state index in [9.17, 15) is 9.59 Å². The first kappa shape index (κ1) is 18.9. The van der Waals surface area contributed by atoms with Gasteiger partial charge in [-0.05, 0) is 54.5 Å². The summed E-state index contributed by atoms with van der Waals surface area (Å²) in [5.74, 6) is 0.345. The number of Topliss-reactive ketones (excluding diaryl/α,β-unsaturated/α-hetero) is 1. The van der Waals surface area contributed by atoms with Gasteiger partial charge in [-0.1, -0.05) is 29.8 Å². The number of benzene rings is 2. The highest BCUT2D eigenvalue weighted by molar-refractivity contribution is 6.30. The Labute approximate surface area is 172 Å². The Balaban J connectivity index is 1.53. The van der Waals surface area contributed by atoms with E-state index in [1.54, 1.807) is 67.9 Å². The fourth-order valence-corrected chi connectivity index (χ4v) is 3.14. The third-order valence-corrected chi connectivity index (χ3v) is 4.76. The van der Waals surface area contributed by atoms with Gasteiger partial charge in [0.25, 0.3) is 0 Å². The number of aromatic nitrogens is 1. The fourth-order valence-electron chi connectivity index (χ4n) is 3.02. The van der Waals surface area contributed by atoms with Crippen molar-refractivity contribution >= 4 is 29.4 Å². The molecule has 3 aromatic rings. The van der Waals surface area contributed by atoms with Crippen molar-refractivity contribution < 1.29 is 19.1 Å². The van der Waals surface area contributed by atoms with Crippen LogP contribution < -0.4 is 9.47 Å². The van der Waals surface area contributed by atoms with Crippen molar-refractivity contribution in [1.82, 2.24) is 4.98 Å². The van der Waals surface area contributed by atoms with Crippen molar-refractivity contribution in [1.29, 1.82) is 0 Å². The number of allylic oxidation sites excluding steroid dienone is 1. The SMILES string of the molecule is Cc1c(OC(=O)Cc2ccc(Cl)cc2)ccc2c1O/C(=C\c1cccnc1)C2=O. The molecule has 5 nitrogen and oxygen atoms in total. The van der Waals surface area contributed by atoms with Crippen LogP contribution >= 0.6 is 11.6 Å². The molecule has 2 heterocycles. The Morgan fingerprint density at radius 1 is 1.17 bits per heavy atom. The van der Waals surface area contributed by atoms with E-state index >= 15 is 0 Å². The Kier molecular flexibility index (Phi) is 5.14. The van der Waals surface area contributed by atoms with Gasteiger partial charge in [-0.25, -0.2) is 0 Å². The largest absolute Gasteiger partial charge is 0.452 e. The van der Waals surface area contributed by atoms with Gasteiger partial charge in [0.1, 0.15) is 11.5 Å². The maximum Gasteiger partial charge on any atom is 0.315 e. The van der Waals surface area contributed by atoms with Gasteiger partial charge in [-0.15, -0.1) is 0 Å². The maximum atomic E-state index is 12.6. The molecule has 144 valence electrons. The minimum Gasteiger partial charge on any atom is -0.452 e. The maximum absolute atomic E-state index is 12.6. The molecule has 0 radical (unpaired) electrons. The number of hydrogen-bond donors (Lipinski definition) is 0. The van der Waals surface area contributed by atoms with Crippen LogP contribution in [0.5, 0.6) is 11.5 Å². The lowest BCUT2D eigenvalue weighted by Crippen LogP contribution is -2.12. The minimum absolute atomic E-state index is 0.111. The van der Waals surface area contributed by atoms with E-state index in [-0.39, 0.29) is 18.0 Å². The van der Waals surface area contributed by atoms with Crippen molar-refractivity contribution in [3.63, 3.8) is 0 Å². The van der Waals surface area contributed by atoms with Gasteiger partial charge in [0, 0.05) is 23.0 Å². The van der Waals surface area contributed by atoms with Crippen LogP contribution in [0.2, 0.25) is 5.02 Å².